The van der Waals surface area contributed by atoms with Crippen molar-refractivity contribution in [2.45, 2.75) is 38.0 Å². The fraction of sp³-hybridized carbons (Fsp3) is 0.375. The summed E-state index contributed by atoms with van der Waals surface area (Å²) in [5, 5.41) is 5.73. The van der Waals surface area contributed by atoms with Gasteiger partial charge in [-0.1, -0.05) is 64.5 Å². The Morgan fingerprint density at radius 3 is 2.10 bits per heavy atom. The van der Waals surface area contributed by atoms with Crippen LogP contribution >= 0.6 is 15.9 Å². The summed E-state index contributed by atoms with van der Waals surface area (Å²) in [7, 11) is 0. The number of carbonyl (C=O) groups is 2. The highest BCUT2D eigenvalue weighted by molar-refractivity contribution is 9.10. The van der Waals surface area contributed by atoms with Crippen molar-refractivity contribution in [3.8, 4) is 16.9 Å². The third-order valence-corrected chi connectivity index (χ3v) is 7.28. The summed E-state index contributed by atoms with van der Waals surface area (Å²) < 4.78 is 17.8. The molecule has 3 aromatic rings. The third kappa shape index (κ3) is 9.10. The molecule has 4 rings (SSSR count). The average Bonchev–Trinajstić information content (AvgIpc) is 3.29. The van der Waals surface area contributed by atoms with Gasteiger partial charge in [0.05, 0.1) is 6.61 Å². The highest BCUT2D eigenvalue weighted by Crippen LogP contribution is 2.44. The van der Waals surface area contributed by atoms with Crippen LogP contribution in [-0.2, 0) is 14.3 Å². The predicted molar refractivity (Wildman–Crippen MR) is 160 cm³/mol. The molecule has 0 unspecified atom stereocenters. The molecule has 3 aromatic carbocycles. The molecule has 0 saturated heterocycles. The summed E-state index contributed by atoms with van der Waals surface area (Å²) in [5.74, 6) is 0.935. The highest BCUT2D eigenvalue weighted by atomic mass is 79.9. The zero-order valence-corrected chi connectivity index (χ0v) is 24.3. The van der Waals surface area contributed by atoms with Crippen LogP contribution < -0.4 is 15.4 Å². The second-order valence-corrected chi connectivity index (χ2v) is 10.6. The zero-order valence-electron chi connectivity index (χ0n) is 22.7. The fourth-order valence-electron chi connectivity index (χ4n) is 4.72. The van der Waals surface area contributed by atoms with Gasteiger partial charge in [0, 0.05) is 43.1 Å². The van der Waals surface area contributed by atoms with Crippen molar-refractivity contribution in [3.05, 3.63) is 88.4 Å². The van der Waals surface area contributed by atoms with Crippen LogP contribution in [0.1, 0.15) is 49.1 Å². The molecule has 0 aromatic heterocycles. The number of benzene rings is 3. The van der Waals surface area contributed by atoms with E-state index in [0.29, 0.717) is 58.8 Å². The Hall–Kier alpha value is -3.36. The van der Waals surface area contributed by atoms with Crippen LogP contribution in [0.3, 0.4) is 0 Å². The van der Waals surface area contributed by atoms with Gasteiger partial charge in [0.15, 0.2) is 0 Å². The molecule has 0 bridgehead atoms. The first kappa shape index (κ1) is 29.6. The van der Waals surface area contributed by atoms with Gasteiger partial charge in [0.25, 0.3) is 0 Å². The molecule has 8 heteroatoms. The minimum absolute atomic E-state index is 0.0364. The fourth-order valence-corrected chi connectivity index (χ4v) is 4.98. The van der Waals surface area contributed by atoms with Gasteiger partial charge in [-0.15, -0.1) is 0 Å². The van der Waals surface area contributed by atoms with E-state index in [1.165, 1.54) is 22.3 Å². The highest BCUT2D eigenvalue weighted by Gasteiger charge is 2.28. The van der Waals surface area contributed by atoms with Gasteiger partial charge >= 0.3 is 6.09 Å². The number of unbranched alkanes of at least 4 members (excludes halogenated alkanes) is 1. The molecule has 0 aliphatic heterocycles. The lowest BCUT2D eigenvalue weighted by Crippen LogP contribution is -2.27. The lowest BCUT2D eigenvalue weighted by atomic mass is 9.98. The minimum Gasteiger partial charge on any atom is -0.494 e. The summed E-state index contributed by atoms with van der Waals surface area (Å²) in [5.41, 5.74) is 4.81. The molecule has 2 N–H and O–H groups in total. The molecule has 0 radical (unpaired) electrons. The lowest BCUT2D eigenvalue weighted by Gasteiger charge is -2.14. The SMILES string of the molecule is O=C(CCCOCCCNC(=O)OCC1c2ccccc2-c2ccccc21)NCCCCOc1ccc(Br)cc1. The van der Waals surface area contributed by atoms with Gasteiger partial charge in [-0.2, -0.15) is 0 Å². The van der Waals surface area contributed by atoms with Crippen molar-refractivity contribution >= 4 is 27.9 Å². The molecule has 1 aliphatic carbocycles. The van der Waals surface area contributed by atoms with Gasteiger partial charge < -0.3 is 24.8 Å². The van der Waals surface area contributed by atoms with Crippen LogP contribution in [-0.4, -0.2) is 51.5 Å². The Kier molecular flexibility index (Phi) is 11.9. The van der Waals surface area contributed by atoms with Gasteiger partial charge in [-0.25, -0.2) is 4.79 Å². The first-order valence-corrected chi connectivity index (χ1v) is 14.7. The number of ether oxygens (including phenoxy) is 3. The monoisotopic (exact) mass is 608 g/mol. The number of halogens is 1. The maximum Gasteiger partial charge on any atom is 0.407 e. The molecule has 1 aliphatic rings. The normalized spacial score (nSPS) is 11.9. The van der Waals surface area contributed by atoms with E-state index < -0.39 is 6.09 Å². The first-order chi connectivity index (χ1) is 19.6. The van der Waals surface area contributed by atoms with Crippen molar-refractivity contribution in [1.82, 2.24) is 10.6 Å². The topological polar surface area (TPSA) is 85.9 Å². The Morgan fingerprint density at radius 2 is 1.38 bits per heavy atom. The lowest BCUT2D eigenvalue weighted by molar-refractivity contribution is -0.121. The number of nitrogens with one attached hydrogen (secondary N) is 2. The van der Waals surface area contributed by atoms with E-state index in [9.17, 15) is 9.59 Å². The first-order valence-electron chi connectivity index (χ1n) is 13.9. The molecule has 40 heavy (non-hydrogen) atoms. The quantitative estimate of drug-likeness (QED) is 0.183. The molecule has 0 saturated carbocycles. The largest absolute Gasteiger partial charge is 0.494 e. The van der Waals surface area contributed by atoms with E-state index >= 15 is 0 Å². The summed E-state index contributed by atoms with van der Waals surface area (Å²) in [6.07, 6.45) is 3.11. The van der Waals surface area contributed by atoms with Crippen LogP contribution in [0, 0.1) is 0 Å². The summed E-state index contributed by atoms with van der Waals surface area (Å²) in [6.45, 7) is 3.08. The van der Waals surface area contributed by atoms with Gasteiger partial charge in [-0.3, -0.25) is 4.79 Å². The molecule has 0 fully saturated rings. The minimum atomic E-state index is -0.418. The number of alkyl carbamates (subject to hydrolysis) is 1. The van der Waals surface area contributed by atoms with E-state index in [1.807, 2.05) is 48.5 Å². The second kappa shape index (κ2) is 16.0. The van der Waals surface area contributed by atoms with Crippen LogP contribution in [0.2, 0.25) is 0 Å². The Balaban J connectivity index is 0.969. The van der Waals surface area contributed by atoms with Crippen LogP contribution in [0.25, 0.3) is 11.1 Å². The summed E-state index contributed by atoms with van der Waals surface area (Å²) in [4.78, 5) is 24.2. The average molecular weight is 610 g/mol. The van der Waals surface area contributed by atoms with Crippen molar-refractivity contribution < 1.29 is 23.8 Å². The van der Waals surface area contributed by atoms with Crippen LogP contribution in [0.15, 0.2) is 77.3 Å². The standard InChI is InChI=1S/C32H37BrN2O5/c33-24-14-16-25(17-15-24)39-22-6-5-18-34-31(36)13-7-20-38-21-8-19-35-32(37)40-23-30-28-11-3-1-9-26(28)27-10-2-4-12-29(27)30/h1-4,9-12,14-17,30H,5-8,13,18-23H2,(H,34,36)(H,35,37). The molecule has 2 amide bonds. The number of hydrogen-bond acceptors (Lipinski definition) is 5. The van der Waals surface area contributed by atoms with Crippen molar-refractivity contribution in [2.75, 3.05) is 39.5 Å². The molecule has 0 atom stereocenters. The second-order valence-electron chi connectivity index (χ2n) is 9.68. The van der Waals surface area contributed by atoms with E-state index in [-0.39, 0.29) is 11.8 Å². The molecule has 0 heterocycles. The maximum atomic E-state index is 12.2. The molecular weight excluding hydrogens is 572 g/mol. The number of rotatable bonds is 16. The summed E-state index contributed by atoms with van der Waals surface area (Å²) >= 11 is 3.40. The molecule has 0 spiro atoms. The molecule has 212 valence electrons. The number of hydrogen-bond donors (Lipinski definition) is 2. The van der Waals surface area contributed by atoms with E-state index in [4.69, 9.17) is 14.2 Å². The smallest absolute Gasteiger partial charge is 0.407 e. The van der Waals surface area contributed by atoms with Crippen LogP contribution in [0.5, 0.6) is 5.75 Å². The zero-order chi connectivity index (χ0) is 28.0. The van der Waals surface area contributed by atoms with Crippen molar-refractivity contribution in [2.24, 2.45) is 0 Å². The number of fused-ring (bicyclic) bond motifs is 3. The molecular formula is C32H37BrN2O5. The van der Waals surface area contributed by atoms with E-state index in [2.05, 4.69) is 50.8 Å². The van der Waals surface area contributed by atoms with E-state index in [0.717, 1.165) is 23.1 Å². The van der Waals surface area contributed by atoms with E-state index in [1.54, 1.807) is 0 Å². The molecule has 7 nitrogen and oxygen atoms in total. The maximum absolute atomic E-state index is 12.2. The van der Waals surface area contributed by atoms with Gasteiger partial charge in [0.1, 0.15) is 12.4 Å². The van der Waals surface area contributed by atoms with Crippen LogP contribution in [0.4, 0.5) is 4.79 Å². The third-order valence-electron chi connectivity index (χ3n) is 6.75. The Morgan fingerprint density at radius 1 is 0.725 bits per heavy atom. The number of carbonyl (C=O) groups excluding carboxylic acids is 2. The van der Waals surface area contributed by atoms with Crippen molar-refractivity contribution in [1.29, 1.82) is 0 Å². The predicted octanol–water partition coefficient (Wildman–Crippen LogP) is 6.45. The van der Waals surface area contributed by atoms with Gasteiger partial charge in [0.2, 0.25) is 5.91 Å². The Labute approximate surface area is 244 Å². The number of amides is 2. The Bertz CT molecular complexity index is 1190. The van der Waals surface area contributed by atoms with Gasteiger partial charge in [-0.05, 0) is 72.2 Å². The summed E-state index contributed by atoms with van der Waals surface area (Å²) in [6, 6.07) is 24.3. The van der Waals surface area contributed by atoms with Crippen molar-refractivity contribution in [3.63, 3.8) is 0 Å².